The zero-order valence-electron chi connectivity index (χ0n) is 7.39. The van der Waals surface area contributed by atoms with E-state index in [9.17, 15) is 0 Å². The van der Waals surface area contributed by atoms with E-state index < -0.39 is 14.3 Å². The van der Waals surface area contributed by atoms with Gasteiger partial charge in [0.05, 0.1) is 0 Å². The highest BCUT2D eigenvalue weighted by Gasteiger charge is 2.56. The Labute approximate surface area is 107 Å². The van der Waals surface area contributed by atoms with Crippen LogP contribution in [0.1, 0.15) is 0 Å². The van der Waals surface area contributed by atoms with Gasteiger partial charge in [-0.15, -0.1) is 0 Å². The molecule has 0 saturated heterocycles. The summed E-state index contributed by atoms with van der Waals surface area (Å²) in [5, 5.41) is 5.50. The summed E-state index contributed by atoms with van der Waals surface area (Å²) in [7, 11) is 3.44. The molecule has 1 atom stereocenters. The van der Waals surface area contributed by atoms with Crippen LogP contribution in [-0.2, 0) is 0 Å². The van der Waals surface area contributed by atoms with Crippen LogP contribution in [0, 0.1) is 0 Å². The minimum Gasteiger partial charge on any atom is -0.340 e. The summed E-state index contributed by atoms with van der Waals surface area (Å²) in [6, 6.07) is 0. The van der Waals surface area contributed by atoms with Gasteiger partial charge in [0.2, 0.25) is 8.13 Å². The van der Waals surface area contributed by atoms with Crippen molar-refractivity contribution in [1.82, 2.24) is 9.91 Å². The van der Waals surface area contributed by atoms with Gasteiger partial charge in [0.25, 0.3) is 0 Å². The van der Waals surface area contributed by atoms with E-state index in [1.807, 2.05) is 0 Å². The number of hydrogen-bond donors (Lipinski definition) is 0. The highest BCUT2D eigenvalue weighted by molar-refractivity contribution is 6.75. The van der Waals surface area contributed by atoms with Crippen LogP contribution in [-0.4, -0.2) is 44.6 Å². The molecule has 0 fully saturated rings. The zero-order chi connectivity index (χ0) is 11.1. The van der Waals surface area contributed by atoms with Crippen molar-refractivity contribution in [2.75, 3.05) is 14.1 Å². The average Bonchev–Trinajstić information content (AvgIpc) is 2.28. The molecule has 1 heterocycles. The van der Waals surface area contributed by atoms with E-state index in [-0.39, 0.29) is 0 Å². The standard InChI is InChI=1S/C6H8Cl5N3/c1-13-3-12-14(2)4(13)5(7,8)6(9,10)11/h3-4H,1-2H3. The quantitative estimate of drug-likeness (QED) is 0.693. The SMILES string of the molecule is CN1C=NN(C)C1C(Cl)(Cl)C(Cl)(Cl)Cl. The minimum absolute atomic E-state index is 0.515. The summed E-state index contributed by atoms with van der Waals surface area (Å²) < 4.78 is -3.37. The fourth-order valence-corrected chi connectivity index (χ4v) is 2.07. The molecule has 0 radical (unpaired) electrons. The highest BCUT2D eigenvalue weighted by Crippen LogP contribution is 2.50. The van der Waals surface area contributed by atoms with Gasteiger partial charge in [0.15, 0.2) is 6.17 Å². The second-order valence-corrected chi connectivity index (χ2v) is 6.63. The Balaban J connectivity index is 2.93. The minimum atomic E-state index is -1.79. The van der Waals surface area contributed by atoms with E-state index in [2.05, 4.69) is 5.10 Å². The summed E-state index contributed by atoms with van der Waals surface area (Å²) in [5.74, 6) is 0. The van der Waals surface area contributed by atoms with E-state index >= 15 is 0 Å². The van der Waals surface area contributed by atoms with Crippen LogP contribution >= 0.6 is 58.0 Å². The number of halogens is 5. The van der Waals surface area contributed by atoms with Crippen molar-refractivity contribution in [1.29, 1.82) is 0 Å². The molecular formula is C6H8Cl5N3. The maximum Gasteiger partial charge on any atom is 0.227 e. The second kappa shape index (κ2) is 3.95. The van der Waals surface area contributed by atoms with Crippen LogP contribution in [0.2, 0.25) is 0 Å². The lowest BCUT2D eigenvalue weighted by Gasteiger charge is -2.38. The first kappa shape index (κ1) is 12.8. The summed E-state index contributed by atoms with van der Waals surface area (Å²) in [6.07, 6.45) is 1.04. The normalized spacial score (nSPS) is 23.5. The molecule has 1 rings (SSSR count). The van der Waals surface area contributed by atoms with Gasteiger partial charge in [-0.25, -0.2) is 0 Å². The summed E-state index contributed by atoms with van der Waals surface area (Å²) in [5.41, 5.74) is 0. The molecule has 0 saturated carbocycles. The molecule has 8 heteroatoms. The molecule has 0 N–H and O–H groups in total. The second-order valence-electron chi connectivity index (χ2n) is 2.96. The van der Waals surface area contributed by atoms with E-state index in [1.54, 1.807) is 25.3 Å². The predicted molar refractivity (Wildman–Crippen MR) is 62.5 cm³/mol. The van der Waals surface area contributed by atoms with Gasteiger partial charge in [0, 0.05) is 14.1 Å². The van der Waals surface area contributed by atoms with Crippen molar-refractivity contribution in [3.8, 4) is 0 Å². The topological polar surface area (TPSA) is 18.8 Å². The van der Waals surface area contributed by atoms with Crippen molar-refractivity contribution in [2.24, 2.45) is 5.10 Å². The van der Waals surface area contributed by atoms with Crippen molar-refractivity contribution in [3.63, 3.8) is 0 Å². The van der Waals surface area contributed by atoms with Crippen molar-refractivity contribution >= 4 is 64.3 Å². The number of hydrogen-bond acceptors (Lipinski definition) is 3. The zero-order valence-corrected chi connectivity index (χ0v) is 11.2. The van der Waals surface area contributed by atoms with E-state index in [4.69, 9.17) is 58.0 Å². The van der Waals surface area contributed by atoms with Crippen LogP contribution in [0.25, 0.3) is 0 Å². The van der Waals surface area contributed by atoms with E-state index in [1.165, 1.54) is 5.01 Å². The molecule has 1 unspecified atom stereocenters. The first-order valence-electron chi connectivity index (χ1n) is 3.61. The third kappa shape index (κ3) is 2.12. The van der Waals surface area contributed by atoms with Crippen LogP contribution in [0.4, 0.5) is 0 Å². The van der Waals surface area contributed by atoms with Gasteiger partial charge < -0.3 is 4.90 Å². The molecule has 0 amide bonds. The van der Waals surface area contributed by atoms with E-state index in [0.717, 1.165) is 0 Å². The first-order valence-corrected chi connectivity index (χ1v) is 5.50. The van der Waals surface area contributed by atoms with Crippen molar-refractivity contribution < 1.29 is 0 Å². The number of rotatable bonds is 1. The molecular weight excluding hydrogens is 291 g/mol. The maximum atomic E-state index is 6.01. The van der Waals surface area contributed by atoms with Gasteiger partial charge in [-0.3, -0.25) is 5.01 Å². The molecule has 1 aliphatic heterocycles. The lowest BCUT2D eigenvalue weighted by Crippen LogP contribution is -2.54. The van der Waals surface area contributed by atoms with E-state index in [0.29, 0.717) is 0 Å². The van der Waals surface area contributed by atoms with Crippen molar-refractivity contribution in [2.45, 2.75) is 14.3 Å². The van der Waals surface area contributed by atoms with Crippen LogP contribution < -0.4 is 0 Å². The predicted octanol–water partition coefficient (Wildman–Crippen LogP) is 2.68. The average molecular weight is 299 g/mol. The maximum absolute atomic E-state index is 6.01. The Morgan fingerprint density at radius 3 is 1.93 bits per heavy atom. The van der Waals surface area contributed by atoms with Gasteiger partial charge in [0.1, 0.15) is 6.34 Å². The Morgan fingerprint density at radius 1 is 1.14 bits per heavy atom. The molecule has 0 aliphatic carbocycles. The third-order valence-corrected chi connectivity index (χ3v) is 4.29. The lowest BCUT2D eigenvalue weighted by atomic mass is 10.3. The smallest absolute Gasteiger partial charge is 0.227 e. The molecule has 0 spiro atoms. The van der Waals surface area contributed by atoms with Gasteiger partial charge >= 0.3 is 0 Å². The molecule has 0 aromatic rings. The molecule has 82 valence electrons. The third-order valence-electron chi connectivity index (χ3n) is 1.86. The Hall–Kier alpha value is 0.720. The van der Waals surface area contributed by atoms with Crippen LogP contribution in [0.5, 0.6) is 0 Å². The molecule has 0 aromatic heterocycles. The van der Waals surface area contributed by atoms with Crippen LogP contribution in [0.15, 0.2) is 5.10 Å². The number of alkyl halides is 5. The molecule has 0 aromatic carbocycles. The Morgan fingerprint density at radius 2 is 1.64 bits per heavy atom. The molecule has 14 heavy (non-hydrogen) atoms. The Bertz CT molecular complexity index is 236. The van der Waals surface area contributed by atoms with Crippen molar-refractivity contribution in [3.05, 3.63) is 0 Å². The largest absolute Gasteiger partial charge is 0.340 e. The molecule has 0 bridgehead atoms. The van der Waals surface area contributed by atoms with Crippen LogP contribution in [0.3, 0.4) is 0 Å². The lowest BCUT2D eigenvalue weighted by molar-refractivity contribution is 0.162. The Kier molecular flexibility index (Phi) is 3.60. The summed E-state index contributed by atoms with van der Waals surface area (Å²) in [6.45, 7) is 0. The fraction of sp³-hybridized carbons (Fsp3) is 0.833. The summed E-state index contributed by atoms with van der Waals surface area (Å²) in [4.78, 5) is 1.67. The van der Waals surface area contributed by atoms with Gasteiger partial charge in [-0.2, -0.15) is 5.10 Å². The van der Waals surface area contributed by atoms with Gasteiger partial charge in [-0.1, -0.05) is 58.0 Å². The first-order chi connectivity index (χ1) is 6.18. The molecule has 3 nitrogen and oxygen atoms in total. The highest BCUT2D eigenvalue weighted by atomic mass is 35.6. The fourth-order valence-electron chi connectivity index (χ4n) is 1.19. The molecule has 1 aliphatic rings. The van der Waals surface area contributed by atoms with Gasteiger partial charge in [-0.05, 0) is 0 Å². The number of hydrazone groups is 1. The monoisotopic (exact) mass is 297 g/mol. The summed E-state index contributed by atoms with van der Waals surface area (Å²) >= 11 is 29.1. The number of nitrogens with zero attached hydrogens (tertiary/aromatic N) is 3.